The number of pyridine rings is 1. The van der Waals surface area contributed by atoms with Gasteiger partial charge in [-0.2, -0.15) is 0 Å². The van der Waals surface area contributed by atoms with Gasteiger partial charge in [-0.05, 0) is 28.1 Å². The van der Waals surface area contributed by atoms with Crippen molar-refractivity contribution in [3.63, 3.8) is 0 Å². The molecule has 0 fully saturated rings. The zero-order valence-electron chi connectivity index (χ0n) is 7.72. The molecule has 0 saturated carbocycles. The molecule has 2 aromatic rings. The summed E-state index contributed by atoms with van der Waals surface area (Å²) < 4.78 is 2.62. The predicted octanol–water partition coefficient (Wildman–Crippen LogP) is 1.51. The van der Waals surface area contributed by atoms with Crippen molar-refractivity contribution in [3.05, 3.63) is 28.6 Å². The zero-order valence-corrected chi connectivity index (χ0v) is 9.31. The van der Waals surface area contributed by atoms with E-state index in [0.29, 0.717) is 17.9 Å². The van der Waals surface area contributed by atoms with Crippen LogP contribution in [-0.4, -0.2) is 25.7 Å². The lowest BCUT2D eigenvalue weighted by molar-refractivity contribution is -0.137. The van der Waals surface area contributed by atoms with Crippen molar-refractivity contribution >= 4 is 27.5 Å². The Labute approximate surface area is 93.9 Å². The highest BCUT2D eigenvalue weighted by atomic mass is 79.9. The molecule has 1 N–H and O–H groups in total. The van der Waals surface area contributed by atoms with Crippen LogP contribution >= 0.6 is 15.9 Å². The molecule has 0 radical (unpaired) electrons. The van der Waals surface area contributed by atoms with Crippen molar-refractivity contribution in [2.45, 2.75) is 12.8 Å². The first-order valence-corrected chi connectivity index (χ1v) is 5.18. The summed E-state index contributed by atoms with van der Waals surface area (Å²) in [6.07, 6.45) is 0.432. The lowest BCUT2D eigenvalue weighted by atomic mass is 10.3. The number of aryl methyl sites for hydroxylation is 1. The fraction of sp³-hybridized carbons (Fsp3) is 0.222. The lowest BCUT2D eigenvalue weighted by Crippen LogP contribution is -2.02. The van der Waals surface area contributed by atoms with Crippen LogP contribution < -0.4 is 0 Å². The highest BCUT2D eigenvalue weighted by Crippen LogP contribution is 2.14. The summed E-state index contributed by atoms with van der Waals surface area (Å²) in [6.45, 7) is 0. The first-order chi connectivity index (χ1) is 7.18. The van der Waals surface area contributed by atoms with E-state index in [1.165, 1.54) is 0 Å². The third-order valence-electron chi connectivity index (χ3n) is 2.01. The van der Waals surface area contributed by atoms with Gasteiger partial charge in [-0.1, -0.05) is 6.07 Å². The van der Waals surface area contributed by atoms with Crippen LogP contribution in [0.1, 0.15) is 12.2 Å². The number of aromatic nitrogens is 3. The average Bonchev–Trinajstić information content (AvgIpc) is 2.59. The number of carbonyl (C=O) groups is 1. The first kappa shape index (κ1) is 10.1. The van der Waals surface area contributed by atoms with E-state index in [4.69, 9.17) is 5.11 Å². The average molecular weight is 270 g/mol. The SMILES string of the molecule is O=C(O)CCc1nnc2cccc(Br)n12. The first-order valence-electron chi connectivity index (χ1n) is 4.39. The molecule has 6 heteroatoms. The van der Waals surface area contributed by atoms with E-state index in [-0.39, 0.29) is 6.42 Å². The summed E-state index contributed by atoms with van der Waals surface area (Å²) >= 11 is 3.37. The number of carboxylic acids is 1. The van der Waals surface area contributed by atoms with Crippen LogP contribution in [0.15, 0.2) is 22.8 Å². The minimum absolute atomic E-state index is 0.0577. The Morgan fingerprint density at radius 2 is 2.27 bits per heavy atom. The van der Waals surface area contributed by atoms with Gasteiger partial charge in [0.05, 0.1) is 11.0 Å². The summed E-state index contributed by atoms with van der Waals surface area (Å²) in [5, 5.41) is 16.5. The Morgan fingerprint density at radius 1 is 1.47 bits per heavy atom. The summed E-state index contributed by atoms with van der Waals surface area (Å²) in [5.41, 5.74) is 0.713. The quantitative estimate of drug-likeness (QED) is 0.858. The third-order valence-corrected chi connectivity index (χ3v) is 2.63. The van der Waals surface area contributed by atoms with E-state index >= 15 is 0 Å². The second-order valence-corrected chi connectivity index (χ2v) is 3.86. The van der Waals surface area contributed by atoms with Gasteiger partial charge >= 0.3 is 5.97 Å². The molecule has 0 bridgehead atoms. The van der Waals surface area contributed by atoms with Gasteiger partial charge in [0, 0.05) is 6.42 Å². The van der Waals surface area contributed by atoms with Crippen LogP contribution in [0.25, 0.3) is 5.65 Å². The molecule has 0 aliphatic heterocycles. The van der Waals surface area contributed by atoms with Gasteiger partial charge in [-0.15, -0.1) is 10.2 Å². The molecule has 0 unspecified atom stereocenters. The summed E-state index contributed by atoms with van der Waals surface area (Å²) in [4.78, 5) is 10.4. The smallest absolute Gasteiger partial charge is 0.303 e. The molecule has 0 saturated heterocycles. The van der Waals surface area contributed by atoms with Gasteiger partial charge < -0.3 is 5.11 Å². The molecule has 0 amide bonds. The number of rotatable bonds is 3. The highest BCUT2D eigenvalue weighted by molar-refractivity contribution is 9.10. The Kier molecular flexibility index (Phi) is 2.68. The van der Waals surface area contributed by atoms with Crippen LogP contribution in [0.3, 0.4) is 0 Å². The number of fused-ring (bicyclic) bond motifs is 1. The standard InChI is InChI=1S/C9H8BrN3O2/c10-6-2-1-3-7-11-12-8(13(6)7)4-5-9(14)15/h1-3H,4-5H2,(H,14,15). The zero-order chi connectivity index (χ0) is 10.8. The molecule has 2 heterocycles. The second-order valence-electron chi connectivity index (χ2n) is 3.05. The maximum Gasteiger partial charge on any atom is 0.303 e. The minimum atomic E-state index is -0.834. The van der Waals surface area contributed by atoms with Crippen molar-refractivity contribution in [2.24, 2.45) is 0 Å². The Bertz CT molecular complexity index is 509. The topological polar surface area (TPSA) is 67.5 Å². The Hall–Kier alpha value is -1.43. The molecule has 0 aliphatic rings. The van der Waals surface area contributed by atoms with Crippen LogP contribution in [0.4, 0.5) is 0 Å². The van der Waals surface area contributed by atoms with Gasteiger partial charge in [0.1, 0.15) is 5.82 Å². The van der Waals surface area contributed by atoms with E-state index < -0.39 is 5.97 Å². The van der Waals surface area contributed by atoms with Gasteiger partial charge in [0.15, 0.2) is 5.65 Å². The van der Waals surface area contributed by atoms with Gasteiger partial charge in [0.25, 0.3) is 0 Å². The number of carboxylic acid groups (broad SMARTS) is 1. The molecule has 0 spiro atoms. The molecular formula is C9H8BrN3O2. The highest BCUT2D eigenvalue weighted by Gasteiger charge is 2.09. The second kappa shape index (κ2) is 3.98. The van der Waals surface area contributed by atoms with Crippen LogP contribution in [0, 0.1) is 0 Å². The van der Waals surface area contributed by atoms with Gasteiger partial charge in [-0.25, -0.2) is 0 Å². The van der Waals surface area contributed by atoms with E-state index in [1.807, 2.05) is 18.2 Å². The van der Waals surface area contributed by atoms with E-state index in [1.54, 1.807) is 4.40 Å². The van der Waals surface area contributed by atoms with Crippen LogP contribution in [-0.2, 0) is 11.2 Å². The maximum atomic E-state index is 10.4. The van der Waals surface area contributed by atoms with Crippen LogP contribution in [0.5, 0.6) is 0 Å². The molecule has 0 aliphatic carbocycles. The summed E-state index contributed by atoms with van der Waals surface area (Å²) in [5.74, 6) is -0.182. The van der Waals surface area contributed by atoms with Crippen molar-refractivity contribution < 1.29 is 9.90 Å². The number of halogens is 1. The Balaban J connectivity index is 2.39. The molecule has 0 aromatic carbocycles. The molecule has 78 valence electrons. The molecule has 2 aromatic heterocycles. The van der Waals surface area contributed by atoms with Crippen molar-refractivity contribution in [2.75, 3.05) is 0 Å². The Morgan fingerprint density at radius 3 is 3.00 bits per heavy atom. The van der Waals surface area contributed by atoms with Gasteiger partial charge in [-0.3, -0.25) is 9.20 Å². The largest absolute Gasteiger partial charge is 0.481 e. The molecule has 5 nitrogen and oxygen atoms in total. The molecule has 2 rings (SSSR count). The minimum Gasteiger partial charge on any atom is -0.481 e. The number of nitrogens with zero attached hydrogens (tertiary/aromatic N) is 3. The number of hydrogen-bond acceptors (Lipinski definition) is 3. The van der Waals surface area contributed by atoms with E-state index in [9.17, 15) is 4.79 Å². The van der Waals surface area contributed by atoms with Gasteiger partial charge in [0.2, 0.25) is 0 Å². The molecular weight excluding hydrogens is 262 g/mol. The van der Waals surface area contributed by atoms with E-state index in [2.05, 4.69) is 26.1 Å². The van der Waals surface area contributed by atoms with Crippen molar-refractivity contribution in [1.82, 2.24) is 14.6 Å². The normalized spacial score (nSPS) is 10.7. The molecule has 0 atom stereocenters. The molecule has 15 heavy (non-hydrogen) atoms. The summed E-state index contributed by atoms with van der Waals surface area (Å²) in [7, 11) is 0. The lowest BCUT2D eigenvalue weighted by Gasteiger charge is -2.00. The fourth-order valence-corrected chi connectivity index (χ4v) is 1.88. The predicted molar refractivity (Wildman–Crippen MR) is 56.6 cm³/mol. The fourth-order valence-electron chi connectivity index (χ4n) is 1.34. The van der Waals surface area contributed by atoms with Crippen LogP contribution in [0.2, 0.25) is 0 Å². The van der Waals surface area contributed by atoms with Crippen molar-refractivity contribution in [1.29, 1.82) is 0 Å². The maximum absolute atomic E-state index is 10.4. The third kappa shape index (κ3) is 1.99. The summed E-state index contributed by atoms with van der Waals surface area (Å²) in [6, 6.07) is 5.54. The monoisotopic (exact) mass is 269 g/mol. The number of hydrogen-bond donors (Lipinski definition) is 1. The van der Waals surface area contributed by atoms with Crippen molar-refractivity contribution in [3.8, 4) is 0 Å². The van der Waals surface area contributed by atoms with E-state index in [0.717, 1.165) is 4.60 Å². The number of aliphatic carboxylic acids is 1.